The van der Waals surface area contributed by atoms with E-state index in [2.05, 4.69) is 0 Å². The summed E-state index contributed by atoms with van der Waals surface area (Å²) in [5.41, 5.74) is 6.00. The normalized spacial score (nSPS) is 35.9. The maximum absolute atomic E-state index is 13.0. The van der Waals surface area contributed by atoms with Crippen LogP contribution in [0.25, 0.3) is 0 Å². The van der Waals surface area contributed by atoms with Gasteiger partial charge in [-0.15, -0.1) is 0 Å². The largest absolute Gasteiger partial charge is 0.375 e. The van der Waals surface area contributed by atoms with Crippen LogP contribution in [0, 0.1) is 0 Å². The third kappa shape index (κ3) is 3.17. The molecule has 0 aromatic rings. The maximum atomic E-state index is 13.0. The molecule has 118 valence electrons. The lowest BCUT2D eigenvalue weighted by Crippen LogP contribution is -2.60. The van der Waals surface area contributed by atoms with Crippen molar-refractivity contribution in [1.29, 1.82) is 0 Å². The monoisotopic (exact) mass is 305 g/mol. The van der Waals surface area contributed by atoms with E-state index in [1.54, 1.807) is 8.61 Å². The van der Waals surface area contributed by atoms with E-state index < -0.39 is 10.2 Å². The molecule has 2 heterocycles. The van der Waals surface area contributed by atoms with Crippen LogP contribution in [0.4, 0.5) is 0 Å². The zero-order valence-electron chi connectivity index (χ0n) is 12.7. The molecule has 2 saturated heterocycles. The van der Waals surface area contributed by atoms with Crippen molar-refractivity contribution in [2.45, 2.75) is 64.3 Å². The van der Waals surface area contributed by atoms with Crippen LogP contribution in [-0.4, -0.2) is 61.0 Å². The van der Waals surface area contributed by atoms with Gasteiger partial charge in [-0.25, -0.2) is 0 Å². The van der Waals surface area contributed by atoms with Gasteiger partial charge in [-0.3, -0.25) is 0 Å². The van der Waals surface area contributed by atoms with Crippen LogP contribution in [0.15, 0.2) is 0 Å². The Morgan fingerprint density at radius 1 is 1.25 bits per heavy atom. The fourth-order valence-corrected chi connectivity index (χ4v) is 5.25. The highest BCUT2D eigenvalue weighted by molar-refractivity contribution is 7.86. The second kappa shape index (κ2) is 6.27. The molecular formula is C13H27N3O3S. The lowest BCUT2D eigenvalue weighted by Gasteiger charge is -2.43. The van der Waals surface area contributed by atoms with E-state index >= 15 is 0 Å². The number of nitrogens with two attached hydrogens (primary N) is 1. The minimum absolute atomic E-state index is 0.0560. The minimum atomic E-state index is -3.45. The van der Waals surface area contributed by atoms with Gasteiger partial charge in [-0.2, -0.15) is 17.0 Å². The predicted molar refractivity (Wildman–Crippen MR) is 78.5 cm³/mol. The van der Waals surface area contributed by atoms with Gasteiger partial charge in [0.15, 0.2) is 0 Å². The van der Waals surface area contributed by atoms with E-state index in [4.69, 9.17) is 10.5 Å². The van der Waals surface area contributed by atoms with Gasteiger partial charge in [0.2, 0.25) is 0 Å². The molecule has 0 radical (unpaired) electrons. The zero-order valence-corrected chi connectivity index (χ0v) is 13.5. The Kier molecular flexibility index (Phi) is 5.07. The van der Waals surface area contributed by atoms with Crippen LogP contribution >= 0.6 is 0 Å². The fourth-order valence-electron chi connectivity index (χ4n) is 3.07. The number of piperidine rings is 1. The van der Waals surface area contributed by atoms with Crippen LogP contribution in [0.1, 0.15) is 40.0 Å². The first-order valence-electron chi connectivity index (χ1n) is 7.50. The molecular weight excluding hydrogens is 278 g/mol. The van der Waals surface area contributed by atoms with Crippen molar-refractivity contribution < 1.29 is 13.2 Å². The molecule has 2 rings (SSSR count). The summed E-state index contributed by atoms with van der Waals surface area (Å²) in [5, 5.41) is 0. The van der Waals surface area contributed by atoms with E-state index in [0.29, 0.717) is 19.7 Å². The van der Waals surface area contributed by atoms with Gasteiger partial charge < -0.3 is 10.5 Å². The third-order valence-corrected chi connectivity index (χ3v) is 6.40. The summed E-state index contributed by atoms with van der Waals surface area (Å²) in [4.78, 5) is 0. The second-order valence-electron chi connectivity index (χ2n) is 6.10. The molecule has 0 bridgehead atoms. The van der Waals surface area contributed by atoms with Gasteiger partial charge in [0.05, 0.1) is 12.7 Å². The molecule has 20 heavy (non-hydrogen) atoms. The average molecular weight is 305 g/mol. The predicted octanol–water partition coefficient (Wildman–Crippen LogP) is 0.542. The number of hydrogen-bond donors (Lipinski definition) is 1. The van der Waals surface area contributed by atoms with Crippen molar-refractivity contribution in [2.75, 3.05) is 19.7 Å². The van der Waals surface area contributed by atoms with E-state index in [1.165, 1.54) is 0 Å². The Morgan fingerprint density at radius 3 is 2.60 bits per heavy atom. The molecule has 4 atom stereocenters. The Balaban J connectivity index is 2.23. The molecule has 0 spiro atoms. The molecule has 2 aliphatic heterocycles. The molecule has 7 heteroatoms. The van der Waals surface area contributed by atoms with Gasteiger partial charge in [0.1, 0.15) is 0 Å². The topological polar surface area (TPSA) is 75.9 Å². The summed E-state index contributed by atoms with van der Waals surface area (Å²) in [6.45, 7) is 7.15. The van der Waals surface area contributed by atoms with Crippen LogP contribution in [0.5, 0.6) is 0 Å². The van der Waals surface area contributed by atoms with Gasteiger partial charge in [-0.1, -0.05) is 6.42 Å². The molecule has 0 aromatic heterocycles. The van der Waals surface area contributed by atoms with E-state index in [1.807, 2.05) is 20.8 Å². The lowest BCUT2D eigenvalue weighted by molar-refractivity contribution is -0.0200. The van der Waals surface area contributed by atoms with Crippen molar-refractivity contribution in [3.8, 4) is 0 Å². The van der Waals surface area contributed by atoms with Crippen LogP contribution in [-0.2, 0) is 14.9 Å². The molecule has 2 fully saturated rings. The highest BCUT2D eigenvalue weighted by atomic mass is 32.2. The Morgan fingerprint density at radius 2 is 1.95 bits per heavy atom. The summed E-state index contributed by atoms with van der Waals surface area (Å²) in [7, 11) is -3.45. The van der Waals surface area contributed by atoms with Crippen molar-refractivity contribution >= 4 is 10.2 Å². The highest BCUT2D eigenvalue weighted by Crippen LogP contribution is 2.27. The van der Waals surface area contributed by atoms with Gasteiger partial charge in [-0.05, 0) is 33.6 Å². The number of hydrogen-bond acceptors (Lipinski definition) is 4. The highest BCUT2D eigenvalue weighted by Gasteiger charge is 2.41. The summed E-state index contributed by atoms with van der Waals surface area (Å²) < 4.78 is 34.6. The lowest BCUT2D eigenvalue weighted by atomic mass is 10.00. The van der Waals surface area contributed by atoms with Crippen molar-refractivity contribution in [3.05, 3.63) is 0 Å². The van der Waals surface area contributed by atoms with Crippen LogP contribution in [0.2, 0.25) is 0 Å². The van der Waals surface area contributed by atoms with E-state index in [0.717, 1.165) is 19.3 Å². The summed E-state index contributed by atoms with van der Waals surface area (Å²) in [5.74, 6) is 0. The number of morpholine rings is 1. The first-order valence-corrected chi connectivity index (χ1v) is 8.89. The quantitative estimate of drug-likeness (QED) is 0.826. The Hall–Kier alpha value is -0.210. The van der Waals surface area contributed by atoms with E-state index in [9.17, 15) is 8.42 Å². The van der Waals surface area contributed by atoms with Crippen molar-refractivity contribution in [1.82, 2.24) is 8.61 Å². The standard InChI is InChI=1S/C13H27N3O3S/c1-10-9-19-11(2)8-16(10)20(17,18)15-7-5-4-6-13(15)12(3)14/h10-13H,4-9,14H2,1-3H3/t10-,11-,12+,13-/m1/s1. The average Bonchev–Trinajstić information content (AvgIpc) is 2.41. The van der Waals surface area contributed by atoms with Gasteiger partial charge in [0, 0.05) is 31.2 Å². The number of nitrogens with zero attached hydrogens (tertiary/aromatic N) is 2. The first kappa shape index (κ1) is 16.2. The van der Waals surface area contributed by atoms with Crippen molar-refractivity contribution in [3.63, 3.8) is 0 Å². The molecule has 2 N–H and O–H groups in total. The SMILES string of the molecule is C[C@@H]1CN(S(=O)(=O)N2CCCC[C@@H]2[C@H](C)N)[C@H](C)CO1. The molecule has 0 aliphatic carbocycles. The molecule has 0 saturated carbocycles. The molecule has 6 nitrogen and oxygen atoms in total. The zero-order chi connectivity index (χ0) is 14.9. The third-order valence-electron chi connectivity index (χ3n) is 4.25. The second-order valence-corrected chi connectivity index (χ2v) is 7.94. The molecule has 0 aromatic carbocycles. The first-order chi connectivity index (χ1) is 9.34. The maximum Gasteiger partial charge on any atom is 0.282 e. The van der Waals surface area contributed by atoms with Crippen LogP contribution in [0.3, 0.4) is 0 Å². The van der Waals surface area contributed by atoms with Crippen LogP contribution < -0.4 is 5.73 Å². The van der Waals surface area contributed by atoms with Gasteiger partial charge in [0.25, 0.3) is 10.2 Å². The van der Waals surface area contributed by atoms with E-state index in [-0.39, 0.29) is 24.2 Å². The Labute approximate surface area is 122 Å². The minimum Gasteiger partial charge on any atom is -0.375 e. The molecule has 0 unspecified atom stereocenters. The Bertz CT molecular complexity index is 427. The van der Waals surface area contributed by atoms with Crippen molar-refractivity contribution in [2.24, 2.45) is 5.73 Å². The summed E-state index contributed by atoms with van der Waals surface area (Å²) in [6, 6.07) is -0.343. The number of ether oxygens (including phenoxy) is 1. The summed E-state index contributed by atoms with van der Waals surface area (Å²) in [6.07, 6.45) is 2.76. The number of rotatable bonds is 3. The van der Waals surface area contributed by atoms with Gasteiger partial charge >= 0.3 is 0 Å². The fraction of sp³-hybridized carbons (Fsp3) is 1.00. The molecule has 2 aliphatic rings. The molecule has 0 amide bonds. The smallest absolute Gasteiger partial charge is 0.282 e. The summed E-state index contributed by atoms with van der Waals surface area (Å²) >= 11 is 0.